The zero-order valence-corrected chi connectivity index (χ0v) is 14.2. The third kappa shape index (κ3) is 4.34. The van der Waals surface area contributed by atoms with Crippen LogP contribution in [-0.2, 0) is 23.9 Å². The third-order valence-electron chi connectivity index (χ3n) is 3.93. The number of rotatable bonds is 7. The first kappa shape index (κ1) is 18.0. The van der Waals surface area contributed by atoms with Crippen LogP contribution >= 0.6 is 0 Å². The monoisotopic (exact) mass is 333 g/mol. The van der Waals surface area contributed by atoms with E-state index in [1.54, 1.807) is 13.8 Å². The van der Waals surface area contributed by atoms with Crippen molar-refractivity contribution in [3.05, 3.63) is 35.4 Å². The van der Waals surface area contributed by atoms with E-state index >= 15 is 0 Å². The number of esters is 2. The Labute approximate surface area is 141 Å². The van der Waals surface area contributed by atoms with Crippen molar-refractivity contribution in [2.45, 2.75) is 39.2 Å². The van der Waals surface area contributed by atoms with Crippen LogP contribution < -0.4 is 5.32 Å². The summed E-state index contributed by atoms with van der Waals surface area (Å²) in [5.41, 5.74) is 2.23. The molecule has 1 aromatic carbocycles. The van der Waals surface area contributed by atoms with Crippen LogP contribution in [0.5, 0.6) is 0 Å². The van der Waals surface area contributed by atoms with Gasteiger partial charge in [0.05, 0.1) is 13.2 Å². The standard InChI is InChI=1S/C18H23NO5/c1-4-23-17(21)15(18(22)24-5-2)19-16(20)14-10-13(14)12-8-6-7-11(3)9-12/h6-9,13-15H,4-5,10H2,1-3H3,(H,19,20)/t13-,14+/m1/s1. The van der Waals surface area contributed by atoms with E-state index < -0.39 is 18.0 Å². The molecular weight excluding hydrogens is 310 g/mol. The van der Waals surface area contributed by atoms with E-state index in [1.807, 2.05) is 31.2 Å². The lowest BCUT2D eigenvalue weighted by molar-refractivity contribution is -0.159. The van der Waals surface area contributed by atoms with Crippen LogP contribution in [-0.4, -0.2) is 37.1 Å². The van der Waals surface area contributed by atoms with Gasteiger partial charge in [-0.25, -0.2) is 9.59 Å². The second-order valence-electron chi connectivity index (χ2n) is 5.81. The predicted molar refractivity (Wildman–Crippen MR) is 87.2 cm³/mol. The fraction of sp³-hybridized carbons (Fsp3) is 0.500. The summed E-state index contributed by atoms with van der Waals surface area (Å²) in [4.78, 5) is 36.2. The smallest absolute Gasteiger partial charge is 0.340 e. The molecule has 0 spiro atoms. The molecule has 130 valence electrons. The molecule has 0 aliphatic heterocycles. The van der Waals surface area contributed by atoms with Gasteiger partial charge in [-0.2, -0.15) is 0 Å². The highest BCUT2D eigenvalue weighted by atomic mass is 16.6. The average Bonchev–Trinajstić information content (AvgIpc) is 3.33. The second-order valence-corrected chi connectivity index (χ2v) is 5.81. The average molecular weight is 333 g/mol. The first-order valence-electron chi connectivity index (χ1n) is 8.18. The predicted octanol–water partition coefficient (Wildman–Crippen LogP) is 1.71. The molecule has 1 aliphatic rings. The van der Waals surface area contributed by atoms with Gasteiger partial charge in [-0.1, -0.05) is 29.8 Å². The van der Waals surface area contributed by atoms with Gasteiger partial charge in [0.25, 0.3) is 0 Å². The Kier molecular flexibility index (Phi) is 5.95. The van der Waals surface area contributed by atoms with Crippen LogP contribution in [0.2, 0.25) is 0 Å². The highest BCUT2D eigenvalue weighted by Crippen LogP contribution is 2.47. The molecule has 2 atom stereocenters. The fourth-order valence-electron chi connectivity index (χ4n) is 2.67. The number of amides is 1. The zero-order chi connectivity index (χ0) is 17.7. The van der Waals surface area contributed by atoms with E-state index in [-0.39, 0.29) is 31.0 Å². The van der Waals surface area contributed by atoms with Crippen molar-refractivity contribution in [1.82, 2.24) is 5.32 Å². The molecule has 6 nitrogen and oxygen atoms in total. The number of nitrogens with one attached hydrogen (secondary N) is 1. The van der Waals surface area contributed by atoms with E-state index in [1.165, 1.54) is 0 Å². The van der Waals surface area contributed by atoms with E-state index in [0.717, 1.165) is 11.1 Å². The SMILES string of the molecule is CCOC(=O)C(NC(=O)[C@H]1C[C@@H]1c1cccc(C)c1)C(=O)OCC. The molecule has 0 saturated heterocycles. The molecule has 0 aromatic heterocycles. The fourth-order valence-corrected chi connectivity index (χ4v) is 2.67. The van der Waals surface area contributed by atoms with Gasteiger partial charge in [-0.3, -0.25) is 4.79 Å². The van der Waals surface area contributed by atoms with Gasteiger partial charge in [0, 0.05) is 5.92 Å². The van der Waals surface area contributed by atoms with E-state index in [9.17, 15) is 14.4 Å². The number of carbonyl (C=O) groups is 3. The van der Waals surface area contributed by atoms with Gasteiger partial charge in [0.15, 0.2) is 0 Å². The minimum Gasteiger partial charge on any atom is -0.464 e. The molecule has 2 rings (SSSR count). The molecule has 6 heteroatoms. The molecule has 1 saturated carbocycles. The Balaban J connectivity index is 2.00. The molecule has 0 unspecified atom stereocenters. The molecule has 0 bridgehead atoms. The quantitative estimate of drug-likeness (QED) is 0.607. The molecule has 1 fully saturated rings. The van der Waals surface area contributed by atoms with Gasteiger partial charge < -0.3 is 14.8 Å². The largest absolute Gasteiger partial charge is 0.464 e. The maximum absolute atomic E-state index is 12.4. The summed E-state index contributed by atoms with van der Waals surface area (Å²) in [6.07, 6.45) is 0.702. The summed E-state index contributed by atoms with van der Waals surface area (Å²) in [7, 11) is 0. The number of carbonyl (C=O) groups excluding carboxylic acids is 3. The zero-order valence-electron chi connectivity index (χ0n) is 14.2. The summed E-state index contributed by atoms with van der Waals surface area (Å²) in [6.45, 7) is 5.52. The second kappa shape index (κ2) is 7.95. The van der Waals surface area contributed by atoms with E-state index in [4.69, 9.17) is 9.47 Å². The van der Waals surface area contributed by atoms with Gasteiger partial charge in [0.2, 0.25) is 11.9 Å². The van der Waals surface area contributed by atoms with Crippen LogP contribution in [0.25, 0.3) is 0 Å². The summed E-state index contributed by atoms with van der Waals surface area (Å²) in [6, 6.07) is 6.58. The van der Waals surface area contributed by atoms with Crippen molar-refractivity contribution in [2.24, 2.45) is 5.92 Å². The molecule has 1 amide bonds. The maximum atomic E-state index is 12.4. The Morgan fingerprint density at radius 2 is 1.79 bits per heavy atom. The molecule has 24 heavy (non-hydrogen) atoms. The van der Waals surface area contributed by atoms with Crippen LogP contribution in [0.1, 0.15) is 37.3 Å². The lowest BCUT2D eigenvalue weighted by atomic mass is 10.1. The van der Waals surface area contributed by atoms with Crippen LogP contribution in [0.4, 0.5) is 0 Å². The van der Waals surface area contributed by atoms with E-state index in [2.05, 4.69) is 5.32 Å². The van der Waals surface area contributed by atoms with Crippen molar-refractivity contribution in [2.75, 3.05) is 13.2 Å². The van der Waals surface area contributed by atoms with Crippen molar-refractivity contribution >= 4 is 17.8 Å². The van der Waals surface area contributed by atoms with Crippen molar-refractivity contribution < 1.29 is 23.9 Å². The number of ether oxygens (including phenoxy) is 2. The lowest BCUT2D eigenvalue weighted by Crippen LogP contribution is -2.48. The van der Waals surface area contributed by atoms with Crippen molar-refractivity contribution in [3.8, 4) is 0 Å². The molecular formula is C18H23NO5. The Bertz CT molecular complexity index is 610. The molecule has 1 aliphatic carbocycles. The topological polar surface area (TPSA) is 81.7 Å². The van der Waals surface area contributed by atoms with Crippen molar-refractivity contribution in [1.29, 1.82) is 0 Å². The first-order chi connectivity index (χ1) is 11.5. The van der Waals surface area contributed by atoms with E-state index in [0.29, 0.717) is 6.42 Å². The first-order valence-corrected chi connectivity index (χ1v) is 8.18. The van der Waals surface area contributed by atoms with Gasteiger partial charge >= 0.3 is 11.9 Å². The van der Waals surface area contributed by atoms with Crippen LogP contribution in [0.3, 0.4) is 0 Å². The lowest BCUT2D eigenvalue weighted by Gasteiger charge is -2.16. The van der Waals surface area contributed by atoms with Crippen molar-refractivity contribution in [3.63, 3.8) is 0 Å². The Morgan fingerprint density at radius 3 is 2.33 bits per heavy atom. The highest BCUT2D eigenvalue weighted by molar-refractivity contribution is 6.03. The molecule has 0 radical (unpaired) electrons. The minimum atomic E-state index is -1.41. The van der Waals surface area contributed by atoms with Crippen LogP contribution in [0.15, 0.2) is 24.3 Å². The van der Waals surface area contributed by atoms with Gasteiger partial charge in [-0.05, 0) is 38.7 Å². The maximum Gasteiger partial charge on any atom is 0.340 e. The number of hydrogen-bond acceptors (Lipinski definition) is 5. The minimum absolute atomic E-state index is 0.120. The summed E-state index contributed by atoms with van der Waals surface area (Å²) < 4.78 is 9.69. The number of aryl methyl sites for hydroxylation is 1. The summed E-state index contributed by atoms with van der Waals surface area (Å²) in [5.74, 6) is -2.03. The Hall–Kier alpha value is -2.37. The highest BCUT2D eigenvalue weighted by Gasteiger charge is 2.46. The number of benzene rings is 1. The molecule has 0 heterocycles. The van der Waals surface area contributed by atoms with Crippen LogP contribution in [0, 0.1) is 12.8 Å². The molecule has 1 N–H and O–H groups in total. The number of hydrogen-bond donors (Lipinski definition) is 1. The molecule has 1 aromatic rings. The summed E-state index contributed by atoms with van der Waals surface area (Å²) >= 11 is 0. The van der Waals surface area contributed by atoms with Gasteiger partial charge in [-0.15, -0.1) is 0 Å². The normalized spacial score (nSPS) is 18.8. The third-order valence-corrected chi connectivity index (χ3v) is 3.93. The Morgan fingerprint density at radius 1 is 1.17 bits per heavy atom. The van der Waals surface area contributed by atoms with Gasteiger partial charge in [0.1, 0.15) is 0 Å². The summed E-state index contributed by atoms with van der Waals surface area (Å²) in [5, 5.41) is 2.47.